The molecule has 1 N–H and O–H groups in total. The van der Waals surface area contributed by atoms with Crippen LogP contribution in [0.1, 0.15) is 25.8 Å². The molecule has 1 aliphatic rings. The maximum absolute atomic E-state index is 11.4. The lowest BCUT2D eigenvalue weighted by Crippen LogP contribution is -2.19. The molecule has 1 heterocycles. The smallest absolute Gasteiger partial charge is 0.240 e. The molecule has 0 atom stereocenters. The Balaban J connectivity index is 1.91. The van der Waals surface area contributed by atoms with Crippen molar-refractivity contribution >= 4 is 12.1 Å². The third-order valence-corrected chi connectivity index (χ3v) is 2.39. The van der Waals surface area contributed by atoms with E-state index in [1.807, 2.05) is 32.0 Å². The van der Waals surface area contributed by atoms with Gasteiger partial charge in [0.2, 0.25) is 12.7 Å². The van der Waals surface area contributed by atoms with Crippen molar-refractivity contribution in [1.29, 1.82) is 0 Å². The third-order valence-electron chi connectivity index (χ3n) is 2.39. The highest BCUT2D eigenvalue weighted by Crippen LogP contribution is 2.31. The molecule has 18 heavy (non-hydrogen) atoms. The molecule has 0 aromatic heterocycles. The van der Waals surface area contributed by atoms with Crippen LogP contribution in [0.4, 0.5) is 0 Å². The summed E-state index contributed by atoms with van der Waals surface area (Å²) in [5.41, 5.74) is 3.34. The number of carbonyl (C=O) groups excluding carboxylic acids is 1. The molecular weight excluding hydrogens is 232 g/mol. The summed E-state index contributed by atoms with van der Waals surface area (Å²) < 4.78 is 10.5. The Morgan fingerprint density at radius 2 is 2.22 bits per heavy atom. The van der Waals surface area contributed by atoms with Gasteiger partial charge in [-0.2, -0.15) is 5.10 Å². The molecule has 0 unspecified atom stereocenters. The van der Waals surface area contributed by atoms with Crippen LogP contribution in [-0.2, 0) is 4.79 Å². The fourth-order valence-corrected chi connectivity index (χ4v) is 1.59. The molecule has 0 aliphatic carbocycles. The van der Waals surface area contributed by atoms with E-state index >= 15 is 0 Å². The Bertz CT molecular complexity index is 469. The molecule has 1 aromatic carbocycles. The van der Waals surface area contributed by atoms with Crippen molar-refractivity contribution in [2.45, 2.75) is 20.3 Å². The van der Waals surface area contributed by atoms with Crippen molar-refractivity contribution in [2.75, 3.05) is 6.79 Å². The molecule has 96 valence electrons. The van der Waals surface area contributed by atoms with Gasteiger partial charge in [0.15, 0.2) is 11.5 Å². The van der Waals surface area contributed by atoms with Crippen LogP contribution in [0, 0.1) is 5.92 Å². The van der Waals surface area contributed by atoms with E-state index in [0.29, 0.717) is 18.1 Å². The number of nitrogens with one attached hydrogen (secondary N) is 1. The van der Waals surface area contributed by atoms with Gasteiger partial charge in [0, 0.05) is 6.42 Å². The molecule has 0 saturated carbocycles. The summed E-state index contributed by atoms with van der Waals surface area (Å²) in [4.78, 5) is 11.4. The Hall–Kier alpha value is -2.04. The first-order chi connectivity index (χ1) is 8.65. The fraction of sp³-hybridized carbons (Fsp3) is 0.385. The number of ether oxygens (including phenoxy) is 2. The second-order valence-corrected chi connectivity index (χ2v) is 4.50. The van der Waals surface area contributed by atoms with E-state index in [1.54, 1.807) is 6.21 Å². The van der Waals surface area contributed by atoms with Crippen LogP contribution >= 0.6 is 0 Å². The summed E-state index contributed by atoms with van der Waals surface area (Å²) in [5.74, 6) is 1.68. The van der Waals surface area contributed by atoms with Gasteiger partial charge in [-0.25, -0.2) is 5.43 Å². The van der Waals surface area contributed by atoms with E-state index in [0.717, 1.165) is 11.3 Å². The summed E-state index contributed by atoms with van der Waals surface area (Å²) in [7, 11) is 0. The fourth-order valence-electron chi connectivity index (χ4n) is 1.59. The van der Waals surface area contributed by atoms with Crippen molar-refractivity contribution in [1.82, 2.24) is 5.43 Å². The number of nitrogens with zero attached hydrogens (tertiary/aromatic N) is 1. The zero-order chi connectivity index (χ0) is 13.0. The lowest BCUT2D eigenvalue weighted by Gasteiger charge is -2.02. The maximum atomic E-state index is 11.4. The minimum Gasteiger partial charge on any atom is -0.454 e. The number of amides is 1. The van der Waals surface area contributed by atoms with Crippen LogP contribution in [0.5, 0.6) is 11.5 Å². The van der Waals surface area contributed by atoms with Crippen LogP contribution in [0.15, 0.2) is 23.3 Å². The SMILES string of the molecule is CC(C)CC(=O)NN=Cc1ccc2c(c1)OCO2. The Morgan fingerprint density at radius 1 is 1.44 bits per heavy atom. The number of hydrazone groups is 1. The second kappa shape index (κ2) is 5.53. The van der Waals surface area contributed by atoms with Crippen LogP contribution in [-0.4, -0.2) is 18.9 Å². The van der Waals surface area contributed by atoms with Gasteiger partial charge in [-0.15, -0.1) is 0 Å². The van der Waals surface area contributed by atoms with E-state index < -0.39 is 0 Å². The zero-order valence-corrected chi connectivity index (χ0v) is 10.5. The molecule has 5 heteroatoms. The van der Waals surface area contributed by atoms with E-state index in [1.165, 1.54) is 0 Å². The Morgan fingerprint density at radius 3 is 3.00 bits per heavy atom. The topological polar surface area (TPSA) is 59.9 Å². The van der Waals surface area contributed by atoms with Crippen molar-refractivity contribution in [2.24, 2.45) is 11.0 Å². The molecule has 0 saturated heterocycles. The molecule has 2 rings (SSSR count). The highest BCUT2D eigenvalue weighted by Gasteiger charge is 2.12. The van der Waals surface area contributed by atoms with Gasteiger partial charge in [0.05, 0.1) is 6.21 Å². The lowest BCUT2D eigenvalue weighted by atomic mass is 10.1. The Labute approximate surface area is 106 Å². The average molecular weight is 248 g/mol. The van der Waals surface area contributed by atoms with Gasteiger partial charge in [-0.1, -0.05) is 13.8 Å². The van der Waals surface area contributed by atoms with Crippen molar-refractivity contribution in [3.8, 4) is 11.5 Å². The second-order valence-electron chi connectivity index (χ2n) is 4.50. The third kappa shape index (κ3) is 3.23. The summed E-state index contributed by atoms with van der Waals surface area (Å²) in [6, 6.07) is 5.49. The number of hydrogen-bond donors (Lipinski definition) is 1. The summed E-state index contributed by atoms with van der Waals surface area (Å²) in [6.07, 6.45) is 2.05. The predicted octanol–water partition coefficient (Wildman–Crippen LogP) is 1.91. The molecular formula is C13H16N2O3. The molecule has 0 spiro atoms. The van der Waals surface area contributed by atoms with E-state index in [2.05, 4.69) is 10.5 Å². The summed E-state index contributed by atoms with van der Waals surface area (Å²) >= 11 is 0. The Kier molecular flexibility index (Phi) is 3.82. The van der Waals surface area contributed by atoms with Crippen LogP contribution in [0.2, 0.25) is 0 Å². The van der Waals surface area contributed by atoms with Crippen molar-refractivity contribution in [3.05, 3.63) is 23.8 Å². The number of rotatable bonds is 4. The monoisotopic (exact) mass is 248 g/mol. The summed E-state index contributed by atoms with van der Waals surface area (Å²) in [6.45, 7) is 4.23. The quantitative estimate of drug-likeness (QED) is 0.654. The van der Waals surface area contributed by atoms with Gasteiger partial charge in [0.1, 0.15) is 0 Å². The van der Waals surface area contributed by atoms with E-state index in [9.17, 15) is 4.79 Å². The summed E-state index contributed by atoms with van der Waals surface area (Å²) in [5, 5.41) is 3.90. The van der Waals surface area contributed by atoms with Gasteiger partial charge in [-0.05, 0) is 29.7 Å². The standard InChI is InChI=1S/C13H16N2O3/c1-9(2)5-13(16)15-14-7-10-3-4-11-12(6-10)18-8-17-11/h3-4,6-7,9H,5,8H2,1-2H3,(H,15,16). The zero-order valence-electron chi connectivity index (χ0n) is 10.5. The largest absolute Gasteiger partial charge is 0.454 e. The first-order valence-electron chi connectivity index (χ1n) is 5.86. The average Bonchev–Trinajstić information content (AvgIpc) is 2.75. The van der Waals surface area contributed by atoms with Gasteiger partial charge in [0.25, 0.3) is 0 Å². The van der Waals surface area contributed by atoms with E-state index in [4.69, 9.17) is 9.47 Å². The number of fused-ring (bicyclic) bond motifs is 1. The van der Waals surface area contributed by atoms with E-state index in [-0.39, 0.29) is 12.7 Å². The minimum atomic E-state index is -0.0815. The van der Waals surface area contributed by atoms with Crippen LogP contribution in [0.25, 0.3) is 0 Å². The highest BCUT2D eigenvalue weighted by atomic mass is 16.7. The number of carbonyl (C=O) groups is 1. The maximum Gasteiger partial charge on any atom is 0.240 e. The molecule has 1 aliphatic heterocycles. The normalized spacial score (nSPS) is 13.3. The van der Waals surface area contributed by atoms with Gasteiger partial charge < -0.3 is 9.47 Å². The first-order valence-corrected chi connectivity index (χ1v) is 5.86. The molecule has 0 bridgehead atoms. The molecule has 5 nitrogen and oxygen atoms in total. The predicted molar refractivity (Wildman–Crippen MR) is 67.8 cm³/mol. The molecule has 0 radical (unpaired) electrons. The molecule has 1 aromatic rings. The molecule has 0 fully saturated rings. The van der Waals surface area contributed by atoms with Gasteiger partial charge in [-0.3, -0.25) is 4.79 Å². The van der Waals surface area contributed by atoms with Crippen LogP contribution < -0.4 is 14.9 Å². The number of hydrogen-bond acceptors (Lipinski definition) is 4. The van der Waals surface area contributed by atoms with Crippen molar-refractivity contribution < 1.29 is 14.3 Å². The van der Waals surface area contributed by atoms with Gasteiger partial charge >= 0.3 is 0 Å². The van der Waals surface area contributed by atoms with Crippen molar-refractivity contribution in [3.63, 3.8) is 0 Å². The first kappa shape index (κ1) is 12.4. The highest BCUT2D eigenvalue weighted by molar-refractivity contribution is 5.83. The lowest BCUT2D eigenvalue weighted by molar-refractivity contribution is -0.121. The molecule has 1 amide bonds. The van der Waals surface area contributed by atoms with Crippen LogP contribution in [0.3, 0.4) is 0 Å². The number of benzene rings is 1. The minimum absolute atomic E-state index is 0.0815.